The molecule has 5 rings (SSSR count). The molecule has 3 aromatic carbocycles. The number of methoxy groups -OCH3 is 1. The number of nitrogens with zero attached hydrogens (tertiary/aromatic N) is 2. The van der Waals surface area contributed by atoms with Crippen LogP contribution in [0.4, 0.5) is 11.4 Å². The lowest BCUT2D eigenvalue weighted by Gasteiger charge is -2.47. The molecule has 172 valence electrons. The molecule has 0 aromatic heterocycles. The minimum absolute atomic E-state index is 0.0311. The molecule has 0 amide bonds. The van der Waals surface area contributed by atoms with Gasteiger partial charge in [-0.2, -0.15) is 0 Å². The molecule has 2 heterocycles. The van der Waals surface area contributed by atoms with Crippen LogP contribution in [0.3, 0.4) is 0 Å². The first-order valence-corrected chi connectivity index (χ1v) is 11.2. The number of para-hydroxylation sites is 1. The second-order valence-electron chi connectivity index (χ2n) is 9.02. The Hall–Kier alpha value is -4.06. The van der Waals surface area contributed by atoms with Crippen LogP contribution in [0.25, 0.3) is 12.2 Å². The number of ether oxygens (including phenoxy) is 2. The number of nitro benzene ring substituents is 1. The van der Waals surface area contributed by atoms with Gasteiger partial charge >= 0.3 is 0 Å². The normalized spacial score (nSPS) is 19.7. The Bertz CT molecular complexity index is 1310. The second-order valence-corrected chi connectivity index (χ2v) is 9.02. The van der Waals surface area contributed by atoms with Crippen LogP contribution in [0.2, 0.25) is 0 Å². The Morgan fingerprint density at radius 1 is 1.09 bits per heavy atom. The van der Waals surface area contributed by atoms with E-state index in [0.29, 0.717) is 23.6 Å². The first-order valence-electron chi connectivity index (χ1n) is 11.2. The molecule has 0 aliphatic carbocycles. The highest BCUT2D eigenvalue weighted by atomic mass is 16.6. The van der Waals surface area contributed by atoms with E-state index in [4.69, 9.17) is 9.47 Å². The molecule has 0 bridgehead atoms. The van der Waals surface area contributed by atoms with Gasteiger partial charge in [0.25, 0.3) is 5.69 Å². The number of hydrogen-bond acceptors (Lipinski definition) is 5. The van der Waals surface area contributed by atoms with Gasteiger partial charge in [0.1, 0.15) is 0 Å². The summed E-state index contributed by atoms with van der Waals surface area (Å²) in [5, 5.41) is 11.4. The van der Waals surface area contributed by atoms with E-state index in [0.717, 1.165) is 11.3 Å². The van der Waals surface area contributed by atoms with Gasteiger partial charge in [0, 0.05) is 23.9 Å². The zero-order valence-electron chi connectivity index (χ0n) is 19.4. The maximum absolute atomic E-state index is 11.4. The first kappa shape index (κ1) is 21.8. The van der Waals surface area contributed by atoms with Crippen LogP contribution in [-0.4, -0.2) is 24.3 Å². The largest absolute Gasteiger partial charge is 0.493 e. The molecule has 0 saturated heterocycles. The molecule has 0 saturated carbocycles. The van der Waals surface area contributed by atoms with E-state index in [1.54, 1.807) is 0 Å². The highest BCUT2D eigenvalue weighted by Crippen LogP contribution is 2.56. The van der Waals surface area contributed by atoms with E-state index in [1.807, 2.05) is 42.5 Å². The lowest BCUT2D eigenvalue weighted by atomic mass is 9.76. The van der Waals surface area contributed by atoms with Gasteiger partial charge in [-0.05, 0) is 43.2 Å². The molecule has 2 aliphatic heterocycles. The predicted octanol–water partition coefficient (Wildman–Crippen LogP) is 6.22. The van der Waals surface area contributed by atoms with Crippen LogP contribution in [0.15, 0.2) is 78.9 Å². The summed E-state index contributed by atoms with van der Waals surface area (Å²) in [7, 11) is 1.50. The van der Waals surface area contributed by atoms with Crippen molar-refractivity contribution in [2.24, 2.45) is 0 Å². The van der Waals surface area contributed by atoms with Crippen molar-refractivity contribution in [2.45, 2.75) is 25.0 Å². The number of fused-ring (bicyclic) bond motifs is 2. The van der Waals surface area contributed by atoms with Crippen LogP contribution < -0.4 is 14.4 Å². The minimum Gasteiger partial charge on any atom is -0.493 e. The molecule has 1 atom stereocenters. The quantitative estimate of drug-likeness (QED) is 0.338. The lowest BCUT2D eigenvalue weighted by molar-refractivity contribution is -0.385. The number of benzene rings is 3. The molecule has 1 unspecified atom stereocenters. The minimum atomic E-state index is -0.839. The van der Waals surface area contributed by atoms with Gasteiger partial charge in [-0.1, -0.05) is 60.7 Å². The summed E-state index contributed by atoms with van der Waals surface area (Å²) in [5.41, 5.74) is 2.75. The van der Waals surface area contributed by atoms with Gasteiger partial charge in [0.05, 0.1) is 23.5 Å². The third kappa shape index (κ3) is 3.25. The number of non-ortho nitro benzene ring substituents is 1. The molecule has 6 nitrogen and oxygen atoms in total. The number of nitro groups is 1. The molecule has 34 heavy (non-hydrogen) atoms. The van der Waals surface area contributed by atoms with E-state index < -0.39 is 16.1 Å². The molecule has 1 spiro atoms. The second kappa shape index (κ2) is 8.06. The van der Waals surface area contributed by atoms with Crippen molar-refractivity contribution in [1.82, 2.24) is 0 Å². The molecule has 0 radical (unpaired) electrons. The Morgan fingerprint density at radius 3 is 2.56 bits per heavy atom. The molecular weight excluding hydrogens is 428 g/mol. The summed E-state index contributed by atoms with van der Waals surface area (Å²) in [4.78, 5) is 13.2. The standard InChI is InChI=1S/C28H26N2O4/c1-27(2)23-13-7-8-14-24(23)29(17-9-12-20-10-5-4-6-11-20)28(27)16-15-21-18-22(30(31)32)19-25(33-3)26(21)34-28/h4-16,18-19H,17H2,1-3H3/b12-9+. The van der Waals surface area contributed by atoms with Crippen LogP contribution >= 0.6 is 0 Å². The van der Waals surface area contributed by atoms with Crippen LogP contribution in [-0.2, 0) is 5.41 Å². The number of rotatable bonds is 5. The summed E-state index contributed by atoms with van der Waals surface area (Å²) in [6.07, 6.45) is 8.17. The third-order valence-corrected chi connectivity index (χ3v) is 6.81. The Labute approximate surface area is 198 Å². The van der Waals surface area contributed by atoms with E-state index in [9.17, 15) is 10.1 Å². The summed E-state index contributed by atoms with van der Waals surface area (Å²) in [6.45, 7) is 4.95. The van der Waals surface area contributed by atoms with Crippen molar-refractivity contribution in [3.8, 4) is 11.5 Å². The van der Waals surface area contributed by atoms with E-state index >= 15 is 0 Å². The van der Waals surface area contributed by atoms with E-state index in [-0.39, 0.29) is 5.69 Å². The van der Waals surface area contributed by atoms with Gasteiger partial charge in [-0.3, -0.25) is 10.1 Å². The molecule has 2 aliphatic rings. The third-order valence-electron chi connectivity index (χ3n) is 6.81. The van der Waals surface area contributed by atoms with Crippen LogP contribution in [0, 0.1) is 10.1 Å². The molecule has 6 heteroatoms. The molecular formula is C28H26N2O4. The highest BCUT2D eigenvalue weighted by Gasteiger charge is 2.58. The number of anilines is 1. The van der Waals surface area contributed by atoms with Crippen molar-refractivity contribution >= 4 is 23.5 Å². The Balaban J connectivity index is 1.61. The van der Waals surface area contributed by atoms with Crippen LogP contribution in [0.1, 0.15) is 30.5 Å². The zero-order chi connectivity index (χ0) is 23.9. The SMILES string of the molecule is COc1cc([N+](=O)[O-])cc2c1OC1(C=C2)N(C/C=C/c2ccccc2)c2ccccc2C1(C)C. The maximum Gasteiger partial charge on any atom is 0.274 e. The summed E-state index contributed by atoms with van der Waals surface area (Å²) < 4.78 is 12.3. The zero-order valence-corrected chi connectivity index (χ0v) is 19.4. The lowest BCUT2D eigenvalue weighted by Crippen LogP contribution is -2.59. The van der Waals surface area contributed by atoms with E-state index in [2.05, 4.69) is 55.2 Å². The highest BCUT2D eigenvalue weighted by molar-refractivity contribution is 5.75. The molecule has 0 N–H and O–H groups in total. The summed E-state index contributed by atoms with van der Waals surface area (Å²) >= 11 is 0. The smallest absolute Gasteiger partial charge is 0.274 e. The average Bonchev–Trinajstić information content (AvgIpc) is 3.02. The molecule has 3 aromatic rings. The molecule has 0 fully saturated rings. The van der Waals surface area contributed by atoms with Crippen molar-refractivity contribution in [3.63, 3.8) is 0 Å². The fourth-order valence-corrected chi connectivity index (χ4v) is 5.01. The average molecular weight is 455 g/mol. The summed E-state index contributed by atoms with van der Waals surface area (Å²) in [6, 6.07) is 21.4. The first-order chi connectivity index (χ1) is 16.4. The Morgan fingerprint density at radius 2 is 1.82 bits per heavy atom. The van der Waals surface area contributed by atoms with Crippen molar-refractivity contribution in [3.05, 3.63) is 106 Å². The fourth-order valence-electron chi connectivity index (χ4n) is 5.01. The summed E-state index contributed by atoms with van der Waals surface area (Å²) in [5.74, 6) is 0.855. The van der Waals surface area contributed by atoms with Gasteiger partial charge < -0.3 is 14.4 Å². The topological polar surface area (TPSA) is 64.8 Å². The van der Waals surface area contributed by atoms with Crippen LogP contribution in [0.5, 0.6) is 11.5 Å². The monoisotopic (exact) mass is 454 g/mol. The van der Waals surface area contributed by atoms with Gasteiger partial charge in [-0.25, -0.2) is 0 Å². The van der Waals surface area contributed by atoms with Crippen molar-refractivity contribution in [1.29, 1.82) is 0 Å². The Kier molecular flexibility index (Phi) is 5.16. The van der Waals surface area contributed by atoms with Crippen molar-refractivity contribution in [2.75, 3.05) is 18.6 Å². The predicted molar refractivity (Wildman–Crippen MR) is 134 cm³/mol. The maximum atomic E-state index is 11.4. The van der Waals surface area contributed by atoms with Gasteiger partial charge in [-0.15, -0.1) is 0 Å². The van der Waals surface area contributed by atoms with Gasteiger partial charge in [0.15, 0.2) is 11.5 Å². The van der Waals surface area contributed by atoms with Crippen molar-refractivity contribution < 1.29 is 14.4 Å². The fraction of sp³-hybridized carbons (Fsp3) is 0.214. The van der Waals surface area contributed by atoms with E-state index in [1.165, 1.54) is 24.8 Å². The number of hydrogen-bond donors (Lipinski definition) is 0. The van der Waals surface area contributed by atoms with Gasteiger partial charge in [0.2, 0.25) is 5.72 Å².